The van der Waals surface area contributed by atoms with Gasteiger partial charge in [-0.05, 0) is 30.3 Å². The van der Waals surface area contributed by atoms with E-state index in [1.807, 2.05) is 0 Å². The van der Waals surface area contributed by atoms with E-state index in [9.17, 15) is 4.79 Å². The van der Waals surface area contributed by atoms with Crippen LogP contribution in [0.4, 0.5) is 0 Å². The Morgan fingerprint density at radius 2 is 2.00 bits per heavy atom. The zero-order chi connectivity index (χ0) is 13.0. The zero-order valence-corrected chi connectivity index (χ0v) is 10.4. The third-order valence-corrected chi connectivity index (χ3v) is 2.59. The fourth-order valence-corrected chi connectivity index (χ4v) is 1.62. The van der Waals surface area contributed by atoms with Gasteiger partial charge in [0.25, 0.3) is 5.91 Å². The van der Waals surface area contributed by atoms with E-state index in [4.69, 9.17) is 16.3 Å². The van der Waals surface area contributed by atoms with Gasteiger partial charge in [0.2, 0.25) is 0 Å². The first-order valence-corrected chi connectivity index (χ1v) is 5.68. The minimum Gasteiger partial charge on any atom is -0.456 e. The number of ether oxygens (including phenoxy) is 1. The van der Waals surface area contributed by atoms with Crippen LogP contribution in [0.3, 0.4) is 0 Å². The summed E-state index contributed by atoms with van der Waals surface area (Å²) >= 11 is 6.06. The van der Waals surface area contributed by atoms with Crippen LogP contribution in [-0.2, 0) is 0 Å². The maximum absolute atomic E-state index is 11.4. The number of amides is 1. The number of pyridine rings is 1. The summed E-state index contributed by atoms with van der Waals surface area (Å²) in [7, 11) is 1.57. The molecule has 2 aromatic rings. The zero-order valence-electron chi connectivity index (χ0n) is 9.68. The first-order valence-electron chi connectivity index (χ1n) is 5.30. The van der Waals surface area contributed by atoms with Crippen molar-refractivity contribution in [2.45, 2.75) is 0 Å². The van der Waals surface area contributed by atoms with Gasteiger partial charge in [-0.25, -0.2) is 0 Å². The topological polar surface area (TPSA) is 51.2 Å². The highest BCUT2D eigenvalue weighted by Gasteiger charge is 2.08. The van der Waals surface area contributed by atoms with Gasteiger partial charge in [0.05, 0.1) is 5.02 Å². The number of nitrogens with zero attached hydrogens (tertiary/aromatic N) is 1. The van der Waals surface area contributed by atoms with Gasteiger partial charge in [-0.2, -0.15) is 0 Å². The molecular formula is C13H11ClN2O2. The molecule has 1 aromatic heterocycles. The molecule has 0 spiro atoms. The van der Waals surface area contributed by atoms with E-state index >= 15 is 0 Å². The lowest BCUT2D eigenvalue weighted by atomic mass is 10.2. The summed E-state index contributed by atoms with van der Waals surface area (Å²) in [4.78, 5) is 15.3. The Kier molecular flexibility index (Phi) is 3.79. The van der Waals surface area contributed by atoms with Crippen molar-refractivity contribution in [2.75, 3.05) is 7.05 Å². The maximum Gasteiger partial charge on any atom is 0.251 e. The van der Waals surface area contributed by atoms with Gasteiger partial charge in [0.15, 0.2) is 0 Å². The average Bonchev–Trinajstić information content (AvgIpc) is 2.41. The predicted molar refractivity (Wildman–Crippen MR) is 69.2 cm³/mol. The lowest BCUT2D eigenvalue weighted by Gasteiger charge is -2.08. The summed E-state index contributed by atoms with van der Waals surface area (Å²) in [5.74, 6) is 0.947. The number of halogens is 1. The largest absolute Gasteiger partial charge is 0.456 e. The smallest absolute Gasteiger partial charge is 0.251 e. The van der Waals surface area contributed by atoms with E-state index in [1.165, 1.54) is 0 Å². The Morgan fingerprint density at radius 3 is 2.61 bits per heavy atom. The number of hydrogen-bond acceptors (Lipinski definition) is 3. The predicted octanol–water partition coefficient (Wildman–Crippen LogP) is 2.89. The van der Waals surface area contributed by atoms with Crippen LogP contribution >= 0.6 is 11.6 Å². The lowest BCUT2D eigenvalue weighted by molar-refractivity contribution is 0.0963. The monoisotopic (exact) mass is 262 g/mol. The fourth-order valence-electron chi connectivity index (χ4n) is 1.40. The molecule has 0 atom stereocenters. The summed E-state index contributed by atoms with van der Waals surface area (Å²) in [5.41, 5.74) is 0.490. The second-order valence-electron chi connectivity index (χ2n) is 3.51. The van der Waals surface area contributed by atoms with Crippen LogP contribution in [0.1, 0.15) is 10.4 Å². The molecule has 0 saturated carbocycles. The quantitative estimate of drug-likeness (QED) is 0.925. The Balaban J connectivity index is 2.23. The highest BCUT2D eigenvalue weighted by atomic mass is 35.5. The van der Waals surface area contributed by atoms with Crippen molar-refractivity contribution >= 4 is 17.5 Å². The number of carbonyl (C=O) groups excluding carboxylic acids is 1. The minimum absolute atomic E-state index is 0.188. The van der Waals surface area contributed by atoms with Crippen molar-refractivity contribution in [3.63, 3.8) is 0 Å². The normalized spacial score (nSPS) is 9.89. The molecular weight excluding hydrogens is 252 g/mol. The van der Waals surface area contributed by atoms with Crippen LogP contribution in [0, 0.1) is 0 Å². The second kappa shape index (κ2) is 5.51. The third-order valence-electron chi connectivity index (χ3n) is 2.30. The molecule has 5 heteroatoms. The highest BCUT2D eigenvalue weighted by Crippen LogP contribution is 2.29. The number of rotatable bonds is 3. The molecule has 1 heterocycles. The van der Waals surface area contributed by atoms with Gasteiger partial charge >= 0.3 is 0 Å². The second-order valence-corrected chi connectivity index (χ2v) is 3.92. The molecule has 0 unspecified atom stereocenters. The number of nitrogens with one attached hydrogen (secondary N) is 1. The Labute approximate surface area is 110 Å². The molecule has 0 fully saturated rings. The van der Waals surface area contributed by atoms with Crippen molar-refractivity contribution in [1.29, 1.82) is 0 Å². The Bertz CT molecular complexity index is 558. The van der Waals surface area contributed by atoms with Gasteiger partial charge in [-0.3, -0.25) is 9.78 Å². The van der Waals surface area contributed by atoms with Gasteiger partial charge in [-0.1, -0.05) is 11.6 Å². The summed E-state index contributed by atoms with van der Waals surface area (Å²) in [5, 5.41) is 2.91. The van der Waals surface area contributed by atoms with Crippen LogP contribution in [0.5, 0.6) is 11.5 Å². The maximum atomic E-state index is 11.4. The fraction of sp³-hybridized carbons (Fsp3) is 0.0769. The molecule has 0 bridgehead atoms. The molecule has 1 aromatic carbocycles. The molecule has 0 aliphatic heterocycles. The number of carbonyl (C=O) groups is 1. The molecule has 0 saturated heterocycles. The van der Waals surface area contributed by atoms with E-state index in [2.05, 4.69) is 10.3 Å². The molecule has 0 radical (unpaired) electrons. The molecule has 18 heavy (non-hydrogen) atoms. The average molecular weight is 263 g/mol. The van der Waals surface area contributed by atoms with Crippen molar-refractivity contribution in [3.05, 3.63) is 53.3 Å². The van der Waals surface area contributed by atoms with Gasteiger partial charge in [0, 0.05) is 25.0 Å². The van der Waals surface area contributed by atoms with Crippen molar-refractivity contribution in [1.82, 2.24) is 10.3 Å². The summed E-state index contributed by atoms with van der Waals surface area (Å²) in [6.45, 7) is 0. The van der Waals surface area contributed by atoms with Crippen LogP contribution in [0.25, 0.3) is 0 Å². The van der Waals surface area contributed by atoms with Crippen LogP contribution in [0.15, 0.2) is 42.7 Å². The van der Waals surface area contributed by atoms with E-state index in [1.54, 1.807) is 49.8 Å². The Hall–Kier alpha value is -2.07. The molecule has 0 aliphatic carbocycles. The summed E-state index contributed by atoms with van der Waals surface area (Å²) in [6, 6.07) is 8.33. The Morgan fingerprint density at radius 1 is 1.28 bits per heavy atom. The van der Waals surface area contributed by atoms with E-state index in [0.29, 0.717) is 22.1 Å². The van der Waals surface area contributed by atoms with Crippen LogP contribution in [0.2, 0.25) is 5.02 Å². The van der Waals surface area contributed by atoms with E-state index < -0.39 is 0 Å². The van der Waals surface area contributed by atoms with Crippen LogP contribution in [-0.4, -0.2) is 17.9 Å². The first-order chi connectivity index (χ1) is 8.70. The molecule has 1 amide bonds. The minimum atomic E-state index is -0.188. The lowest BCUT2D eigenvalue weighted by Crippen LogP contribution is -2.17. The molecule has 2 rings (SSSR count). The van der Waals surface area contributed by atoms with Crippen molar-refractivity contribution in [3.8, 4) is 11.5 Å². The number of aromatic nitrogens is 1. The summed E-state index contributed by atoms with van der Waals surface area (Å²) in [6.07, 6.45) is 3.25. The van der Waals surface area contributed by atoms with E-state index in [0.717, 1.165) is 0 Å². The molecule has 1 N–H and O–H groups in total. The first kappa shape index (κ1) is 12.4. The van der Waals surface area contributed by atoms with Gasteiger partial charge < -0.3 is 10.1 Å². The molecule has 4 nitrogen and oxygen atoms in total. The molecule has 92 valence electrons. The van der Waals surface area contributed by atoms with Crippen LogP contribution < -0.4 is 10.1 Å². The SMILES string of the molecule is CNC(=O)c1ccc(Oc2ccncc2)c(Cl)c1. The third kappa shape index (κ3) is 2.78. The van der Waals surface area contributed by atoms with Crippen molar-refractivity contribution in [2.24, 2.45) is 0 Å². The number of hydrogen-bond donors (Lipinski definition) is 1. The van der Waals surface area contributed by atoms with E-state index in [-0.39, 0.29) is 5.91 Å². The number of benzene rings is 1. The van der Waals surface area contributed by atoms with Gasteiger partial charge in [-0.15, -0.1) is 0 Å². The van der Waals surface area contributed by atoms with Crippen molar-refractivity contribution < 1.29 is 9.53 Å². The van der Waals surface area contributed by atoms with Gasteiger partial charge in [0.1, 0.15) is 11.5 Å². The molecule has 0 aliphatic rings. The summed E-state index contributed by atoms with van der Waals surface area (Å²) < 4.78 is 5.57. The standard InChI is InChI=1S/C13H11ClN2O2/c1-15-13(17)9-2-3-12(11(14)8-9)18-10-4-6-16-7-5-10/h2-8H,1H3,(H,15,17). The highest BCUT2D eigenvalue weighted by molar-refractivity contribution is 6.32.